The van der Waals surface area contributed by atoms with Gasteiger partial charge >= 0.3 is 36.6 Å². The molecule has 27 heteroatoms. The molecular weight excluding hydrogens is 1080 g/mol. The van der Waals surface area contributed by atoms with E-state index in [4.69, 9.17) is 29.3 Å². The van der Waals surface area contributed by atoms with Gasteiger partial charge in [-0.25, -0.2) is 39.5 Å². The highest BCUT2D eigenvalue weighted by atomic mass is 127. The number of rotatable bonds is 6. The Morgan fingerprint density at radius 1 is 0.537 bits per heavy atom. The van der Waals surface area contributed by atoms with Gasteiger partial charge in [-0.2, -0.15) is 52.7 Å². The Labute approximate surface area is 387 Å². The van der Waals surface area contributed by atoms with Crippen LogP contribution in [-0.2, 0) is 21.9 Å². The van der Waals surface area contributed by atoms with Crippen LogP contribution in [0.2, 0.25) is 0 Å². The molecule has 0 aliphatic rings. The zero-order chi connectivity index (χ0) is 49.3. The summed E-state index contributed by atoms with van der Waals surface area (Å²) < 4.78 is 154. The summed E-state index contributed by atoms with van der Waals surface area (Å²) in [5, 5.41) is 14.2. The molecule has 4 aromatic carbocycles. The van der Waals surface area contributed by atoms with E-state index in [9.17, 15) is 52.7 Å². The van der Waals surface area contributed by atoms with E-state index in [0.717, 1.165) is 47.7 Å². The molecule has 67 heavy (non-hydrogen) atoms. The SMILES string of the molecule is FC(F)(F)c1ccc(-c2cc(Oc3cccc4sc(I)nc34)ncn2)cc1.FC(F)(F)c1ccc(-c2cc(Oc3cccc4scnc34)ncn2)cc1.O=C(O)C(F)(F)F.O=C(O)C(F)(F)F. The van der Waals surface area contributed by atoms with Crippen LogP contribution in [0.5, 0.6) is 23.3 Å². The van der Waals surface area contributed by atoms with Crippen molar-refractivity contribution in [2.45, 2.75) is 24.7 Å². The first-order valence-electron chi connectivity index (χ1n) is 17.6. The van der Waals surface area contributed by atoms with Crippen LogP contribution < -0.4 is 9.47 Å². The number of nitrogens with zero attached hydrogens (tertiary/aromatic N) is 6. The van der Waals surface area contributed by atoms with Crippen molar-refractivity contribution in [1.29, 1.82) is 0 Å². The Morgan fingerprint density at radius 3 is 1.34 bits per heavy atom. The number of halogens is 13. The lowest BCUT2D eigenvalue weighted by Gasteiger charge is -2.09. The summed E-state index contributed by atoms with van der Waals surface area (Å²) in [7, 11) is 0. The Hall–Kier alpha value is -6.75. The monoisotopic (exact) mass is 1100 g/mol. The number of aromatic nitrogens is 6. The van der Waals surface area contributed by atoms with E-state index < -0.39 is 47.8 Å². The number of hydrogen-bond donors (Lipinski definition) is 2. The quantitative estimate of drug-likeness (QED) is 0.119. The lowest BCUT2D eigenvalue weighted by atomic mass is 10.1. The lowest BCUT2D eigenvalue weighted by Crippen LogP contribution is -2.21. The Kier molecular flexibility index (Phi) is 16.3. The van der Waals surface area contributed by atoms with Gasteiger partial charge in [0.15, 0.2) is 14.5 Å². The number of carboxylic acids is 2. The molecule has 0 unspecified atom stereocenters. The molecule has 0 spiro atoms. The minimum Gasteiger partial charge on any atom is -0.475 e. The van der Waals surface area contributed by atoms with Gasteiger partial charge in [0.2, 0.25) is 11.8 Å². The zero-order valence-electron chi connectivity index (χ0n) is 32.4. The first-order chi connectivity index (χ1) is 31.3. The second-order valence-electron chi connectivity index (χ2n) is 12.5. The van der Waals surface area contributed by atoms with Crippen molar-refractivity contribution in [3.05, 3.63) is 129 Å². The molecule has 0 saturated carbocycles. The van der Waals surface area contributed by atoms with Gasteiger partial charge in [0.25, 0.3) is 0 Å². The van der Waals surface area contributed by atoms with Gasteiger partial charge in [-0.1, -0.05) is 36.4 Å². The summed E-state index contributed by atoms with van der Waals surface area (Å²) in [4.78, 5) is 42.9. The topological polar surface area (TPSA) is 170 Å². The van der Waals surface area contributed by atoms with Gasteiger partial charge in [0, 0.05) is 23.3 Å². The largest absolute Gasteiger partial charge is 0.490 e. The Bertz CT molecular complexity index is 2940. The molecular formula is C40H21F12IN6O6S2. The minimum atomic E-state index is -5.08. The molecule has 8 aromatic rings. The number of thiazole rings is 2. The minimum absolute atomic E-state index is 0.287. The number of alkyl halides is 12. The van der Waals surface area contributed by atoms with Gasteiger partial charge < -0.3 is 19.7 Å². The van der Waals surface area contributed by atoms with Gasteiger partial charge in [-0.05, 0) is 71.1 Å². The molecule has 0 saturated heterocycles. The van der Waals surface area contributed by atoms with Crippen molar-refractivity contribution in [3.63, 3.8) is 0 Å². The van der Waals surface area contributed by atoms with Crippen LogP contribution in [0.4, 0.5) is 52.7 Å². The van der Waals surface area contributed by atoms with Gasteiger partial charge in [0.05, 0.1) is 37.4 Å². The maximum Gasteiger partial charge on any atom is 0.490 e. The fraction of sp³-hybridized carbons (Fsp3) is 0.100. The zero-order valence-corrected chi connectivity index (χ0v) is 36.2. The van der Waals surface area contributed by atoms with E-state index in [2.05, 4.69) is 52.5 Å². The van der Waals surface area contributed by atoms with Crippen LogP contribution in [0.1, 0.15) is 11.1 Å². The molecule has 12 nitrogen and oxygen atoms in total. The highest BCUT2D eigenvalue weighted by Crippen LogP contribution is 2.36. The summed E-state index contributed by atoms with van der Waals surface area (Å²) in [5.74, 6) is -3.82. The third-order valence-corrected chi connectivity index (χ3v) is 10.4. The van der Waals surface area contributed by atoms with Crippen LogP contribution >= 0.6 is 45.3 Å². The summed E-state index contributed by atoms with van der Waals surface area (Å²) in [5.41, 5.74) is 3.79. The fourth-order valence-electron chi connectivity index (χ4n) is 4.91. The van der Waals surface area contributed by atoms with Gasteiger partial charge in [-0.3, -0.25) is 0 Å². The molecule has 4 heterocycles. The van der Waals surface area contributed by atoms with E-state index in [1.165, 1.54) is 48.3 Å². The molecule has 0 aliphatic heterocycles. The Balaban J connectivity index is 0.000000196. The van der Waals surface area contributed by atoms with Gasteiger partial charge in [-0.15, -0.1) is 22.7 Å². The Morgan fingerprint density at radius 2 is 0.940 bits per heavy atom. The number of hydrogen-bond acceptors (Lipinski definition) is 12. The van der Waals surface area contributed by atoms with Crippen LogP contribution in [-0.4, -0.2) is 64.4 Å². The van der Waals surface area contributed by atoms with E-state index in [-0.39, 0.29) is 11.8 Å². The average molecular weight is 1100 g/mol. The molecule has 8 rings (SSSR count). The number of carbonyl (C=O) groups is 2. The molecule has 0 fully saturated rings. The lowest BCUT2D eigenvalue weighted by molar-refractivity contribution is -0.193. The predicted octanol–water partition coefficient (Wildman–Crippen LogP) is 13.0. The number of aliphatic carboxylic acids is 2. The summed E-state index contributed by atoms with van der Waals surface area (Å²) in [6, 6.07) is 23.9. The molecule has 0 amide bonds. The maximum absolute atomic E-state index is 12.7. The van der Waals surface area contributed by atoms with E-state index in [1.54, 1.807) is 41.1 Å². The summed E-state index contributed by atoms with van der Waals surface area (Å²) in [6.07, 6.45) is -16.3. The number of ether oxygens (including phenoxy) is 2. The molecule has 0 aliphatic carbocycles. The van der Waals surface area contributed by atoms with E-state index in [1.807, 2.05) is 24.3 Å². The van der Waals surface area contributed by atoms with Crippen molar-refractivity contribution in [1.82, 2.24) is 29.9 Å². The summed E-state index contributed by atoms with van der Waals surface area (Å²) >= 11 is 5.20. The molecule has 0 radical (unpaired) electrons. The highest BCUT2D eigenvalue weighted by molar-refractivity contribution is 14.1. The van der Waals surface area contributed by atoms with Crippen LogP contribution in [0.15, 0.2) is 115 Å². The number of benzene rings is 4. The molecule has 0 bridgehead atoms. The van der Waals surface area contributed by atoms with Gasteiger partial charge in [0.1, 0.15) is 23.7 Å². The summed E-state index contributed by atoms with van der Waals surface area (Å²) in [6.45, 7) is 0. The van der Waals surface area contributed by atoms with Crippen molar-refractivity contribution < 1.29 is 82.0 Å². The molecule has 4 aromatic heterocycles. The predicted molar refractivity (Wildman–Crippen MR) is 224 cm³/mol. The second-order valence-corrected chi connectivity index (χ2v) is 16.1. The van der Waals surface area contributed by atoms with Crippen molar-refractivity contribution in [3.8, 4) is 45.8 Å². The standard InChI is InChI=1S/C18H9F3IN3OS.C18H10F3N3OS.2C2HF3O2/c19-18(20,21)11-6-4-10(5-7-11)12-8-15(24-9-23-12)26-13-2-1-3-14-16(13)25-17(22)27-14;19-18(20,21)12-6-4-11(5-7-12)13-8-16(23-9-22-13)25-14-2-1-3-15-17(14)24-10-26-15;2*3-2(4,5)1(6)7/h1-9H;1-10H;2*(H,6,7). The second kappa shape index (κ2) is 21.3. The normalized spacial score (nSPS) is 11.6. The van der Waals surface area contributed by atoms with E-state index >= 15 is 0 Å². The van der Waals surface area contributed by atoms with Crippen LogP contribution in [0.25, 0.3) is 42.9 Å². The van der Waals surface area contributed by atoms with Crippen molar-refractivity contribution in [2.75, 3.05) is 0 Å². The highest BCUT2D eigenvalue weighted by Gasteiger charge is 2.39. The third kappa shape index (κ3) is 14.6. The smallest absolute Gasteiger partial charge is 0.475 e. The van der Waals surface area contributed by atoms with Crippen molar-refractivity contribution in [2.24, 2.45) is 0 Å². The van der Waals surface area contributed by atoms with Crippen LogP contribution in [0.3, 0.4) is 0 Å². The maximum atomic E-state index is 12.7. The molecule has 350 valence electrons. The number of para-hydroxylation sites is 2. The molecule has 0 atom stereocenters. The van der Waals surface area contributed by atoms with Crippen LogP contribution in [0, 0.1) is 3.01 Å². The molecule has 2 N–H and O–H groups in total. The third-order valence-electron chi connectivity index (χ3n) is 7.89. The first-order valence-corrected chi connectivity index (χ1v) is 20.4. The number of carboxylic acid groups (broad SMARTS) is 2. The van der Waals surface area contributed by atoms with Crippen molar-refractivity contribution >= 4 is 77.6 Å². The van der Waals surface area contributed by atoms with E-state index in [0.29, 0.717) is 34.0 Å². The first kappa shape index (κ1) is 51.2. The fourth-order valence-corrected chi connectivity index (χ4v) is 7.27. The number of fused-ring (bicyclic) bond motifs is 2. The average Bonchev–Trinajstić information content (AvgIpc) is 3.91.